The molecule has 0 aliphatic carbocycles. The van der Waals surface area contributed by atoms with Crippen LogP contribution in [0.3, 0.4) is 0 Å². The Balaban J connectivity index is 1.37. The minimum atomic E-state index is -0.830. The molecule has 0 radical (unpaired) electrons. The van der Waals surface area contributed by atoms with E-state index >= 15 is 0 Å². The average molecular weight is 583 g/mol. The third kappa shape index (κ3) is 6.94. The first-order chi connectivity index (χ1) is 20.7. The van der Waals surface area contributed by atoms with Crippen molar-refractivity contribution in [2.24, 2.45) is 0 Å². The van der Waals surface area contributed by atoms with E-state index in [1.807, 2.05) is 69.7 Å². The number of anilines is 2. The van der Waals surface area contributed by atoms with E-state index in [2.05, 4.69) is 56.6 Å². The molecular weight excluding hydrogens is 540 g/mol. The molecule has 2 heterocycles. The second-order valence-electron chi connectivity index (χ2n) is 11.6. The molecule has 3 N–H and O–H groups in total. The van der Waals surface area contributed by atoms with E-state index in [4.69, 9.17) is 4.74 Å². The van der Waals surface area contributed by atoms with E-state index in [9.17, 15) is 9.59 Å². The zero-order chi connectivity index (χ0) is 30.5. The Morgan fingerprint density at radius 3 is 2.42 bits per heavy atom. The first-order valence-electron chi connectivity index (χ1n) is 14.8. The number of hydrogen-bond acceptors (Lipinski definition) is 5. The van der Waals surface area contributed by atoms with Gasteiger partial charge in [-0.3, -0.25) is 4.79 Å². The summed E-state index contributed by atoms with van der Waals surface area (Å²) < 4.78 is 5.57. The average Bonchev–Trinajstić information content (AvgIpc) is 3.44. The van der Waals surface area contributed by atoms with Crippen LogP contribution in [0.1, 0.15) is 29.5 Å². The summed E-state index contributed by atoms with van der Waals surface area (Å²) in [5, 5.41) is 7.20. The van der Waals surface area contributed by atoms with Crippen LogP contribution in [-0.4, -0.2) is 80.1 Å². The van der Waals surface area contributed by atoms with Gasteiger partial charge in [0.2, 0.25) is 5.91 Å². The number of piperazine rings is 1. The Bertz CT molecular complexity index is 1560. The fourth-order valence-corrected chi connectivity index (χ4v) is 5.74. The highest BCUT2D eigenvalue weighted by Gasteiger charge is 2.32. The summed E-state index contributed by atoms with van der Waals surface area (Å²) in [4.78, 5) is 37.2. The smallest absolute Gasteiger partial charge is 0.318 e. The number of urea groups is 1. The highest BCUT2D eigenvalue weighted by molar-refractivity contribution is 5.99. The number of fused-ring (bicyclic) bond motifs is 1. The minimum Gasteiger partial charge on any atom is -0.495 e. The monoisotopic (exact) mass is 582 g/mol. The van der Waals surface area contributed by atoms with Crippen molar-refractivity contribution >= 4 is 34.2 Å². The van der Waals surface area contributed by atoms with Crippen LogP contribution in [0.15, 0.2) is 72.9 Å². The number of carbonyl (C=O) groups excluding carboxylic acids is 2. The van der Waals surface area contributed by atoms with Crippen LogP contribution in [0.4, 0.5) is 16.2 Å². The van der Waals surface area contributed by atoms with Crippen molar-refractivity contribution in [2.75, 3.05) is 57.6 Å². The first kappa shape index (κ1) is 30.0. The third-order valence-corrected chi connectivity index (χ3v) is 8.16. The molecule has 3 amide bonds. The second kappa shape index (κ2) is 13.2. The van der Waals surface area contributed by atoms with Gasteiger partial charge in [0.05, 0.1) is 12.8 Å². The van der Waals surface area contributed by atoms with Crippen LogP contribution in [-0.2, 0) is 11.3 Å². The number of hydrogen-bond donors (Lipinski definition) is 3. The molecule has 1 aromatic heterocycles. The van der Waals surface area contributed by atoms with Crippen LogP contribution >= 0.6 is 0 Å². The summed E-state index contributed by atoms with van der Waals surface area (Å²) in [6, 6.07) is 21.1. The summed E-state index contributed by atoms with van der Waals surface area (Å²) in [5.41, 5.74) is 5.94. The summed E-state index contributed by atoms with van der Waals surface area (Å²) in [7, 11) is 5.58. The number of rotatable bonds is 9. The van der Waals surface area contributed by atoms with Crippen LogP contribution in [0, 0.1) is 6.92 Å². The molecule has 1 aliphatic rings. The molecule has 1 aliphatic heterocycles. The number of amides is 3. The lowest BCUT2D eigenvalue weighted by Crippen LogP contribution is -2.56. The Kier molecular flexibility index (Phi) is 9.21. The molecule has 1 fully saturated rings. The van der Waals surface area contributed by atoms with Gasteiger partial charge in [-0.25, -0.2) is 4.79 Å². The molecule has 0 bridgehead atoms. The van der Waals surface area contributed by atoms with Gasteiger partial charge >= 0.3 is 6.03 Å². The third-order valence-electron chi connectivity index (χ3n) is 8.16. The zero-order valence-corrected chi connectivity index (χ0v) is 25.7. The maximum absolute atomic E-state index is 14.0. The molecule has 43 heavy (non-hydrogen) atoms. The van der Waals surface area contributed by atoms with E-state index in [0.29, 0.717) is 31.1 Å². The van der Waals surface area contributed by atoms with Crippen molar-refractivity contribution in [3.05, 3.63) is 89.6 Å². The number of carbonyl (C=O) groups is 2. The van der Waals surface area contributed by atoms with Gasteiger partial charge in [-0.2, -0.15) is 0 Å². The van der Waals surface area contributed by atoms with Crippen molar-refractivity contribution in [3.8, 4) is 5.75 Å². The predicted octanol–water partition coefficient (Wildman–Crippen LogP) is 5.19. The van der Waals surface area contributed by atoms with Gasteiger partial charge in [0.1, 0.15) is 11.8 Å². The maximum Gasteiger partial charge on any atom is 0.318 e. The lowest BCUT2D eigenvalue weighted by Gasteiger charge is -2.37. The summed E-state index contributed by atoms with van der Waals surface area (Å²) in [6.07, 6.45) is 1.93. The summed E-state index contributed by atoms with van der Waals surface area (Å²) in [5.74, 6) is -0.0532. The number of H-pyrrole nitrogens is 1. The number of ether oxygens (including phenoxy) is 1. The Labute approximate surface area is 253 Å². The standard InChI is InChI=1S/C34H42N6O3/c1-23-10-13-26(14-11-23)39-16-18-40(19-17-39)34(42)37-32(24(2)28-21-35-29-9-7-6-8-27(28)29)33(41)36-30-20-25(22-38(3)4)12-15-31(30)43-5/h6-15,20-21,24,32,35H,16-19,22H2,1-5H3,(H,36,41)(H,37,42). The molecule has 5 rings (SSSR count). The highest BCUT2D eigenvalue weighted by Crippen LogP contribution is 2.31. The quantitative estimate of drug-likeness (QED) is 0.253. The molecule has 0 spiro atoms. The van der Waals surface area contributed by atoms with Gasteiger partial charge in [-0.15, -0.1) is 0 Å². The van der Waals surface area contributed by atoms with E-state index in [1.165, 1.54) is 5.56 Å². The van der Waals surface area contributed by atoms with Crippen molar-refractivity contribution < 1.29 is 14.3 Å². The molecule has 226 valence electrons. The van der Waals surface area contributed by atoms with E-state index < -0.39 is 6.04 Å². The van der Waals surface area contributed by atoms with E-state index in [0.717, 1.165) is 40.8 Å². The number of nitrogens with zero attached hydrogens (tertiary/aromatic N) is 3. The highest BCUT2D eigenvalue weighted by atomic mass is 16.5. The van der Waals surface area contributed by atoms with E-state index in [-0.39, 0.29) is 17.9 Å². The van der Waals surface area contributed by atoms with Crippen molar-refractivity contribution in [2.45, 2.75) is 32.4 Å². The molecule has 2 unspecified atom stereocenters. The van der Waals surface area contributed by atoms with Gasteiger partial charge in [-0.1, -0.05) is 48.9 Å². The lowest BCUT2D eigenvalue weighted by atomic mass is 9.92. The van der Waals surface area contributed by atoms with Crippen molar-refractivity contribution in [1.82, 2.24) is 20.1 Å². The number of methoxy groups -OCH3 is 1. The predicted molar refractivity (Wildman–Crippen MR) is 173 cm³/mol. The van der Waals surface area contributed by atoms with Crippen LogP contribution in [0.25, 0.3) is 10.9 Å². The number of para-hydroxylation sites is 1. The first-order valence-corrected chi connectivity index (χ1v) is 14.8. The lowest BCUT2D eigenvalue weighted by molar-refractivity contribution is -0.118. The fourth-order valence-electron chi connectivity index (χ4n) is 5.74. The van der Waals surface area contributed by atoms with Crippen LogP contribution < -0.4 is 20.3 Å². The van der Waals surface area contributed by atoms with Crippen LogP contribution in [0.5, 0.6) is 5.75 Å². The Hall–Kier alpha value is -4.50. The number of benzene rings is 3. The molecule has 2 atom stereocenters. The number of aromatic nitrogens is 1. The largest absolute Gasteiger partial charge is 0.495 e. The van der Waals surface area contributed by atoms with Gasteiger partial charge in [0.15, 0.2) is 0 Å². The fraction of sp³-hybridized carbons (Fsp3) is 0.353. The number of nitrogens with one attached hydrogen (secondary N) is 3. The molecule has 4 aromatic rings. The molecular formula is C34H42N6O3. The molecule has 0 saturated carbocycles. The molecule has 1 saturated heterocycles. The van der Waals surface area contributed by atoms with Crippen LogP contribution in [0.2, 0.25) is 0 Å². The SMILES string of the molecule is COc1ccc(CN(C)C)cc1NC(=O)C(NC(=O)N1CCN(c2ccc(C)cc2)CC1)C(C)c1c[nH]c2ccccc12. The van der Waals surface area contributed by atoms with Crippen molar-refractivity contribution in [3.63, 3.8) is 0 Å². The van der Waals surface area contributed by atoms with Gasteiger partial charge in [0, 0.05) is 61.4 Å². The zero-order valence-electron chi connectivity index (χ0n) is 25.7. The minimum absolute atomic E-state index is 0.247. The van der Waals surface area contributed by atoms with Gasteiger partial charge in [0.25, 0.3) is 0 Å². The second-order valence-corrected chi connectivity index (χ2v) is 11.6. The number of aryl methyl sites for hydroxylation is 1. The summed E-state index contributed by atoms with van der Waals surface area (Å²) in [6.45, 7) is 7.35. The topological polar surface area (TPSA) is 92.9 Å². The molecule has 9 nitrogen and oxygen atoms in total. The van der Waals surface area contributed by atoms with Gasteiger partial charge < -0.3 is 35.1 Å². The molecule has 9 heteroatoms. The Morgan fingerprint density at radius 2 is 1.72 bits per heavy atom. The normalized spacial score (nSPS) is 14.9. The van der Waals surface area contributed by atoms with E-state index in [1.54, 1.807) is 12.0 Å². The Morgan fingerprint density at radius 1 is 1.00 bits per heavy atom. The summed E-state index contributed by atoms with van der Waals surface area (Å²) >= 11 is 0. The molecule has 3 aromatic carbocycles. The van der Waals surface area contributed by atoms with Crippen molar-refractivity contribution in [1.29, 1.82) is 0 Å². The van der Waals surface area contributed by atoms with Gasteiger partial charge in [-0.05, 0) is 62.5 Å². The maximum atomic E-state index is 14.0. The number of aromatic amines is 1.